The summed E-state index contributed by atoms with van der Waals surface area (Å²) in [6.45, 7) is 6.21. The second-order valence-corrected chi connectivity index (χ2v) is 7.20. The predicted octanol–water partition coefficient (Wildman–Crippen LogP) is 4.65. The zero-order valence-corrected chi connectivity index (χ0v) is 18.2. The maximum Gasteiger partial charge on any atom is 0.261 e. The molecular weight excluding hydrogens is 404 g/mol. The maximum absolute atomic E-state index is 6.18. The third-order valence-corrected chi connectivity index (χ3v) is 5.08. The van der Waals surface area contributed by atoms with Crippen molar-refractivity contribution in [1.29, 1.82) is 0 Å². The molecule has 0 saturated heterocycles. The summed E-state index contributed by atoms with van der Waals surface area (Å²) in [5, 5.41) is 13.5. The molecular formula is C22H25ClN4O3. The molecule has 4 aromatic rings. The average Bonchev–Trinajstić information content (AvgIpc) is 3.32. The van der Waals surface area contributed by atoms with E-state index in [-0.39, 0.29) is 18.4 Å². The summed E-state index contributed by atoms with van der Waals surface area (Å²) in [6, 6.07) is 12.4. The highest BCUT2D eigenvalue weighted by atomic mass is 35.5. The van der Waals surface area contributed by atoms with Crippen LogP contribution < -0.4 is 10.1 Å². The van der Waals surface area contributed by atoms with Crippen LogP contribution >= 0.6 is 12.4 Å². The lowest BCUT2D eigenvalue weighted by Gasteiger charge is -2.11. The molecule has 0 radical (unpaired) electrons. The number of halogens is 1. The molecule has 0 aliphatic rings. The molecule has 0 fully saturated rings. The molecule has 1 unspecified atom stereocenters. The Labute approximate surface area is 181 Å². The molecule has 0 bridgehead atoms. The highest BCUT2D eigenvalue weighted by Gasteiger charge is 2.18. The van der Waals surface area contributed by atoms with Crippen molar-refractivity contribution < 1.29 is 13.8 Å². The van der Waals surface area contributed by atoms with Gasteiger partial charge in [-0.15, -0.1) is 12.4 Å². The number of nitrogens with one attached hydrogen (secondary N) is 1. The minimum atomic E-state index is 0. The first kappa shape index (κ1) is 21.8. The van der Waals surface area contributed by atoms with Crippen molar-refractivity contribution in [3.05, 3.63) is 59.2 Å². The molecule has 2 heterocycles. The third kappa shape index (κ3) is 4.47. The number of hydrogen-bond acceptors (Lipinski definition) is 7. The number of nitrogens with zero attached hydrogens (tertiary/aromatic N) is 3. The summed E-state index contributed by atoms with van der Waals surface area (Å²) >= 11 is 0. The molecule has 158 valence electrons. The fourth-order valence-electron chi connectivity index (χ4n) is 3.19. The quantitative estimate of drug-likeness (QED) is 0.458. The van der Waals surface area contributed by atoms with E-state index in [0.717, 1.165) is 33.4 Å². The topological polar surface area (TPSA) is 86.2 Å². The molecule has 0 aliphatic carbocycles. The number of aromatic nitrogens is 3. The van der Waals surface area contributed by atoms with Gasteiger partial charge < -0.3 is 19.1 Å². The number of ether oxygens (including phenoxy) is 1. The van der Waals surface area contributed by atoms with E-state index in [0.29, 0.717) is 30.5 Å². The van der Waals surface area contributed by atoms with Crippen LogP contribution in [0.3, 0.4) is 0 Å². The Kier molecular flexibility index (Phi) is 6.74. The summed E-state index contributed by atoms with van der Waals surface area (Å²) in [6.07, 6.45) is 0.683. The lowest BCUT2D eigenvalue weighted by Crippen LogP contribution is -2.24. The second kappa shape index (κ2) is 9.28. The van der Waals surface area contributed by atoms with Crippen LogP contribution in [0.15, 0.2) is 45.4 Å². The summed E-state index contributed by atoms with van der Waals surface area (Å²) in [5.41, 5.74) is 2.54. The minimum absolute atomic E-state index is 0. The van der Waals surface area contributed by atoms with Gasteiger partial charge in [0.15, 0.2) is 5.82 Å². The number of fused-ring (bicyclic) bond motifs is 1. The second-order valence-electron chi connectivity index (χ2n) is 7.20. The fourth-order valence-corrected chi connectivity index (χ4v) is 3.19. The smallest absolute Gasteiger partial charge is 0.261 e. The van der Waals surface area contributed by atoms with E-state index in [9.17, 15) is 0 Å². The Morgan fingerprint density at radius 3 is 2.47 bits per heavy atom. The summed E-state index contributed by atoms with van der Waals surface area (Å²) in [4.78, 5) is 4.59. The van der Waals surface area contributed by atoms with Crippen LogP contribution in [-0.2, 0) is 13.0 Å². The van der Waals surface area contributed by atoms with E-state index in [4.69, 9.17) is 13.8 Å². The van der Waals surface area contributed by atoms with E-state index in [2.05, 4.69) is 39.7 Å². The zero-order chi connectivity index (χ0) is 20.4. The van der Waals surface area contributed by atoms with Crippen molar-refractivity contribution >= 4 is 23.2 Å². The summed E-state index contributed by atoms with van der Waals surface area (Å²) in [5.74, 6) is 2.54. The van der Waals surface area contributed by atoms with E-state index in [1.54, 1.807) is 0 Å². The highest BCUT2D eigenvalue weighted by molar-refractivity contribution is 5.89. The standard InChI is InChI=1S/C22H24N4O3.ClH/c1-13(23-4)9-21-24-22(29-26-21)18-10-16-7-5-6-8-17(16)11-20(18)27-12-19-14(2)25-28-15(19)3;/h5-8,10-11,13,23H,9,12H2,1-4H3;1H. The van der Waals surface area contributed by atoms with E-state index < -0.39 is 0 Å². The Balaban J connectivity index is 0.00000256. The Hall–Kier alpha value is -2.90. The van der Waals surface area contributed by atoms with Crippen molar-refractivity contribution in [2.24, 2.45) is 0 Å². The fraction of sp³-hybridized carbons (Fsp3) is 0.318. The number of hydrogen-bond donors (Lipinski definition) is 1. The van der Waals surface area contributed by atoms with Crippen LogP contribution in [0.5, 0.6) is 5.75 Å². The highest BCUT2D eigenvalue weighted by Crippen LogP contribution is 2.34. The molecule has 4 rings (SSSR count). The maximum atomic E-state index is 6.18. The molecule has 0 saturated carbocycles. The Morgan fingerprint density at radius 2 is 1.80 bits per heavy atom. The normalized spacial score (nSPS) is 12.0. The molecule has 0 aliphatic heterocycles. The van der Waals surface area contributed by atoms with Gasteiger partial charge in [0, 0.05) is 12.5 Å². The van der Waals surface area contributed by atoms with Crippen LogP contribution in [0.25, 0.3) is 22.2 Å². The van der Waals surface area contributed by atoms with Gasteiger partial charge in [-0.3, -0.25) is 0 Å². The van der Waals surface area contributed by atoms with Gasteiger partial charge in [0.2, 0.25) is 0 Å². The Bertz CT molecular complexity index is 1120. The van der Waals surface area contributed by atoms with Crippen LogP contribution in [0.4, 0.5) is 0 Å². The lowest BCUT2D eigenvalue weighted by atomic mass is 10.1. The molecule has 0 amide bonds. The average molecular weight is 429 g/mol. The largest absolute Gasteiger partial charge is 0.488 e. The predicted molar refractivity (Wildman–Crippen MR) is 117 cm³/mol. The molecule has 7 nitrogen and oxygen atoms in total. The number of rotatable bonds is 7. The van der Waals surface area contributed by atoms with Gasteiger partial charge in [-0.1, -0.05) is 34.6 Å². The van der Waals surface area contributed by atoms with Crippen molar-refractivity contribution in [1.82, 2.24) is 20.6 Å². The van der Waals surface area contributed by atoms with Gasteiger partial charge in [-0.05, 0) is 50.7 Å². The van der Waals surface area contributed by atoms with E-state index in [1.807, 2.05) is 45.2 Å². The van der Waals surface area contributed by atoms with Gasteiger partial charge >= 0.3 is 0 Å². The van der Waals surface area contributed by atoms with Crippen LogP contribution in [0.1, 0.15) is 29.8 Å². The van der Waals surface area contributed by atoms with Crippen molar-refractivity contribution in [3.8, 4) is 17.2 Å². The molecule has 2 aromatic heterocycles. The first-order chi connectivity index (χ1) is 14.0. The molecule has 2 aromatic carbocycles. The zero-order valence-electron chi connectivity index (χ0n) is 17.4. The first-order valence-electron chi connectivity index (χ1n) is 9.62. The first-order valence-corrected chi connectivity index (χ1v) is 9.62. The third-order valence-electron chi connectivity index (χ3n) is 5.08. The molecule has 30 heavy (non-hydrogen) atoms. The minimum Gasteiger partial charge on any atom is -0.488 e. The number of aryl methyl sites for hydroxylation is 2. The summed E-state index contributed by atoms with van der Waals surface area (Å²) in [7, 11) is 1.91. The van der Waals surface area contributed by atoms with Crippen LogP contribution in [0, 0.1) is 13.8 Å². The summed E-state index contributed by atoms with van der Waals surface area (Å²) < 4.78 is 17.0. The number of likely N-dealkylation sites (N-methyl/N-ethyl adjacent to an activating group) is 1. The van der Waals surface area contributed by atoms with Gasteiger partial charge in [0.25, 0.3) is 5.89 Å². The molecule has 1 N–H and O–H groups in total. The SMILES string of the molecule is CNC(C)Cc1noc(-c2cc3ccccc3cc2OCc2c(C)noc2C)n1.Cl. The van der Waals surface area contributed by atoms with Gasteiger partial charge in [-0.2, -0.15) is 4.98 Å². The lowest BCUT2D eigenvalue weighted by molar-refractivity contribution is 0.302. The number of benzene rings is 2. The van der Waals surface area contributed by atoms with E-state index in [1.165, 1.54) is 0 Å². The monoisotopic (exact) mass is 428 g/mol. The van der Waals surface area contributed by atoms with Crippen molar-refractivity contribution in [2.45, 2.75) is 39.8 Å². The van der Waals surface area contributed by atoms with Crippen LogP contribution in [-0.4, -0.2) is 28.4 Å². The van der Waals surface area contributed by atoms with E-state index >= 15 is 0 Å². The van der Waals surface area contributed by atoms with Gasteiger partial charge in [0.05, 0.1) is 16.8 Å². The molecule has 8 heteroatoms. The van der Waals surface area contributed by atoms with Gasteiger partial charge in [-0.25, -0.2) is 0 Å². The van der Waals surface area contributed by atoms with Crippen molar-refractivity contribution in [3.63, 3.8) is 0 Å². The Morgan fingerprint density at radius 1 is 1.07 bits per heavy atom. The molecule has 0 spiro atoms. The van der Waals surface area contributed by atoms with Gasteiger partial charge in [0.1, 0.15) is 18.1 Å². The van der Waals surface area contributed by atoms with Crippen molar-refractivity contribution in [2.75, 3.05) is 7.05 Å². The van der Waals surface area contributed by atoms with Crippen LogP contribution in [0.2, 0.25) is 0 Å². The molecule has 1 atom stereocenters.